The van der Waals surface area contributed by atoms with Crippen LogP contribution in [0.5, 0.6) is 0 Å². The predicted octanol–water partition coefficient (Wildman–Crippen LogP) is 2.46. The normalized spacial score (nSPS) is 24.5. The summed E-state index contributed by atoms with van der Waals surface area (Å²) in [5.74, 6) is 0.562. The molecule has 0 heterocycles. The molecule has 1 saturated carbocycles. The van der Waals surface area contributed by atoms with Crippen LogP contribution in [0.4, 0.5) is 4.79 Å². The van der Waals surface area contributed by atoms with E-state index in [1.165, 1.54) is 0 Å². The molecule has 2 atom stereocenters. The van der Waals surface area contributed by atoms with Crippen molar-refractivity contribution in [2.75, 3.05) is 6.61 Å². The minimum atomic E-state index is -1.61. The highest BCUT2D eigenvalue weighted by atomic mass is 28.4. The lowest BCUT2D eigenvalue weighted by Gasteiger charge is -2.36. The Morgan fingerprint density at radius 2 is 2.06 bits per heavy atom. The highest BCUT2D eigenvalue weighted by Gasteiger charge is 2.40. The van der Waals surface area contributed by atoms with Crippen LogP contribution in [0.3, 0.4) is 0 Å². The molecule has 2 unspecified atom stereocenters. The second kappa shape index (κ2) is 4.98. The van der Waals surface area contributed by atoms with Crippen molar-refractivity contribution < 1.29 is 9.22 Å². The van der Waals surface area contributed by atoms with Crippen LogP contribution in [0.1, 0.15) is 33.6 Å². The lowest BCUT2D eigenvalue weighted by molar-refractivity contribution is 0.246. The van der Waals surface area contributed by atoms with Gasteiger partial charge in [-0.25, -0.2) is 4.79 Å². The molecule has 1 aliphatic rings. The summed E-state index contributed by atoms with van der Waals surface area (Å²) in [6, 6.07) is -0.127. The van der Waals surface area contributed by atoms with E-state index in [1.54, 1.807) is 0 Å². The fourth-order valence-corrected chi connectivity index (χ4v) is 2.67. The second-order valence-electron chi connectivity index (χ2n) is 6.51. The number of urea groups is 1. The van der Waals surface area contributed by atoms with Crippen molar-refractivity contribution >= 4 is 14.3 Å². The van der Waals surface area contributed by atoms with E-state index < -0.39 is 14.3 Å². The molecule has 0 spiro atoms. The van der Waals surface area contributed by atoms with Crippen molar-refractivity contribution in [1.29, 1.82) is 0 Å². The van der Waals surface area contributed by atoms with E-state index in [1.807, 2.05) is 0 Å². The second-order valence-corrected chi connectivity index (χ2v) is 11.3. The van der Waals surface area contributed by atoms with Gasteiger partial charge in [-0.1, -0.05) is 20.8 Å². The molecule has 5 heteroatoms. The van der Waals surface area contributed by atoms with E-state index in [0.29, 0.717) is 5.92 Å². The summed E-state index contributed by atoms with van der Waals surface area (Å²) in [7, 11) is -1.61. The van der Waals surface area contributed by atoms with Gasteiger partial charge >= 0.3 is 6.03 Å². The Balaban J connectivity index is 2.20. The Hall–Kier alpha value is -0.553. The number of hydrogen-bond acceptors (Lipinski definition) is 2. The van der Waals surface area contributed by atoms with Gasteiger partial charge in [-0.2, -0.15) is 0 Å². The maximum Gasteiger partial charge on any atom is 0.312 e. The first-order valence-electron chi connectivity index (χ1n) is 6.33. The van der Waals surface area contributed by atoms with Gasteiger partial charge in [0.15, 0.2) is 8.32 Å². The molecule has 1 fully saturated rings. The molecule has 1 rings (SSSR count). The number of hydrogen-bond donors (Lipinski definition) is 2. The maximum atomic E-state index is 10.6. The van der Waals surface area contributed by atoms with E-state index in [9.17, 15) is 4.79 Å². The molecule has 2 amide bonds. The topological polar surface area (TPSA) is 64.3 Å². The number of rotatable bonds is 5. The zero-order chi connectivity index (χ0) is 13.3. The largest absolute Gasteiger partial charge is 0.417 e. The van der Waals surface area contributed by atoms with E-state index >= 15 is 0 Å². The van der Waals surface area contributed by atoms with E-state index in [4.69, 9.17) is 10.2 Å². The van der Waals surface area contributed by atoms with Crippen LogP contribution in [0.2, 0.25) is 18.1 Å². The van der Waals surface area contributed by atoms with Gasteiger partial charge in [0.1, 0.15) is 0 Å². The average Bonchev–Trinajstić information content (AvgIpc) is 2.79. The molecule has 17 heavy (non-hydrogen) atoms. The summed E-state index contributed by atoms with van der Waals surface area (Å²) < 4.78 is 6.09. The number of carbonyl (C=O) groups is 1. The SMILES string of the molecule is CC(C)(C)[Si](C)(C)OCCC1CC1NC(N)=O. The van der Waals surface area contributed by atoms with Crippen molar-refractivity contribution in [3.8, 4) is 0 Å². The van der Waals surface area contributed by atoms with Crippen LogP contribution in [0.15, 0.2) is 0 Å². The first kappa shape index (κ1) is 14.5. The highest BCUT2D eigenvalue weighted by Crippen LogP contribution is 2.38. The van der Waals surface area contributed by atoms with Gasteiger partial charge in [0.05, 0.1) is 0 Å². The lowest BCUT2D eigenvalue weighted by atomic mass is 10.2. The number of nitrogens with two attached hydrogens (primary N) is 1. The van der Waals surface area contributed by atoms with Crippen LogP contribution in [0, 0.1) is 5.92 Å². The van der Waals surface area contributed by atoms with E-state index in [-0.39, 0.29) is 11.1 Å². The molecular formula is C12H26N2O2Si. The third-order valence-electron chi connectivity index (χ3n) is 4.01. The van der Waals surface area contributed by atoms with Gasteiger partial charge in [0.2, 0.25) is 0 Å². The Labute approximate surface area is 105 Å². The molecule has 0 radical (unpaired) electrons. The highest BCUT2D eigenvalue weighted by molar-refractivity contribution is 6.74. The Morgan fingerprint density at radius 3 is 2.53 bits per heavy atom. The zero-order valence-electron chi connectivity index (χ0n) is 11.7. The number of nitrogens with one attached hydrogen (secondary N) is 1. The smallest absolute Gasteiger partial charge is 0.312 e. The third-order valence-corrected chi connectivity index (χ3v) is 8.55. The summed E-state index contributed by atoms with van der Waals surface area (Å²) >= 11 is 0. The van der Waals surface area contributed by atoms with Gasteiger partial charge in [-0.15, -0.1) is 0 Å². The number of amides is 2. The molecule has 0 bridgehead atoms. The average molecular weight is 258 g/mol. The Bertz CT molecular complexity index is 287. The summed E-state index contributed by atoms with van der Waals surface area (Å²) in [4.78, 5) is 10.6. The van der Waals surface area contributed by atoms with Crippen LogP contribution in [0.25, 0.3) is 0 Å². The molecule has 0 saturated heterocycles. The number of primary amides is 1. The van der Waals surface area contributed by atoms with Crippen molar-refractivity contribution in [2.24, 2.45) is 11.7 Å². The summed E-state index contributed by atoms with van der Waals surface area (Å²) in [6.07, 6.45) is 2.07. The van der Waals surface area contributed by atoms with Crippen molar-refractivity contribution in [2.45, 2.75) is 57.8 Å². The van der Waals surface area contributed by atoms with Crippen LogP contribution in [-0.4, -0.2) is 27.0 Å². The van der Waals surface area contributed by atoms with Crippen LogP contribution >= 0.6 is 0 Å². The fraction of sp³-hybridized carbons (Fsp3) is 0.917. The van der Waals surface area contributed by atoms with Gasteiger partial charge in [-0.05, 0) is 36.9 Å². The minimum Gasteiger partial charge on any atom is -0.417 e. The first-order chi connectivity index (χ1) is 7.63. The van der Waals surface area contributed by atoms with E-state index in [2.05, 4.69) is 39.2 Å². The van der Waals surface area contributed by atoms with Crippen LogP contribution in [-0.2, 0) is 4.43 Å². The van der Waals surface area contributed by atoms with Crippen molar-refractivity contribution in [3.63, 3.8) is 0 Å². The predicted molar refractivity (Wildman–Crippen MR) is 72.4 cm³/mol. The summed E-state index contributed by atoms with van der Waals surface area (Å²) in [6.45, 7) is 12.1. The van der Waals surface area contributed by atoms with Gasteiger partial charge < -0.3 is 15.5 Å². The molecule has 3 N–H and O–H groups in total. The first-order valence-corrected chi connectivity index (χ1v) is 9.24. The van der Waals surface area contributed by atoms with Gasteiger partial charge in [0, 0.05) is 12.6 Å². The Morgan fingerprint density at radius 1 is 1.47 bits per heavy atom. The molecule has 0 aliphatic heterocycles. The third kappa shape index (κ3) is 4.31. The summed E-state index contributed by atoms with van der Waals surface area (Å²) in [5.41, 5.74) is 5.08. The van der Waals surface area contributed by atoms with Crippen LogP contribution < -0.4 is 11.1 Å². The Kier molecular flexibility index (Phi) is 4.25. The quantitative estimate of drug-likeness (QED) is 0.744. The number of carbonyl (C=O) groups excluding carboxylic acids is 1. The maximum absolute atomic E-state index is 10.6. The molecule has 0 aromatic rings. The molecule has 1 aliphatic carbocycles. The summed E-state index contributed by atoms with van der Waals surface area (Å²) in [5, 5.41) is 3.00. The van der Waals surface area contributed by atoms with Crippen molar-refractivity contribution in [1.82, 2.24) is 5.32 Å². The minimum absolute atomic E-state index is 0.265. The molecule has 100 valence electrons. The molecule has 4 nitrogen and oxygen atoms in total. The molecular weight excluding hydrogens is 232 g/mol. The molecule has 0 aromatic heterocycles. The van der Waals surface area contributed by atoms with Crippen molar-refractivity contribution in [3.05, 3.63) is 0 Å². The molecule has 0 aromatic carbocycles. The standard InChI is InChI=1S/C12H26N2O2Si/c1-12(2,3)17(4,5)16-7-6-9-8-10(9)14-11(13)15/h9-10H,6-8H2,1-5H3,(H3,13,14,15). The monoisotopic (exact) mass is 258 g/mol. The van der Waals surface area contributed by atoms with Gasteiger partial charge in [-0.3, -0.25) is 0 Å². The van der Waals surface area contributed by atoms with Gasteiger partial charge in [0.25, 0.3) is 0 Å². The van der Waals surface area contributed by atoms with E-state index in [0.717, 1.165) is 19.4 Å². The zero-order valence-corrected chi connectivity index (χ0v) is 12.7. The fourth-order valence-electron chi connectivity index (χ4n) is 1.61. The lowest BCUT2D eigenvalue weighted by Crippen LogP contribution is -2.41.